The van der Waals surface area contributed by atoms with Gasteiger partial charge in [-0.3, -0.25) is 4.79 Å². The first-order valence-electron chi connectivity index (χ1n) is 6.32. The van der Waals surface area contributed by atoms with E-state index in [9.17, 15) is 9.59 Å². The molecule has 0 fully saturated rings. The molecule has 0 aliphatic carbocycles. The molecule has 100 valence electrons. The Bertz CT molecular complexity index is 402. The van der Waals surface area contributed by atoms with Crippen LogP contribution in [0.25, 0.3) is 0 Å². The van der Waals surface area contributed by atoms with Crippen LogP contribution in [0.5, 0.6) is 0 Å². The average molecular weight is 266 g/mol. The molecule has 0 spiro atoms. The predicted octanol–water partition coefficient (Wildman–Crippen LogP) is 2.28. The van der Waals surface area contributed by atoms with Gasteiger partial charge in [-0.15, -0.1) is 0 Å². The van der Waals surface area contributed by atoms with E-state index in [1.807, 2.05) is 24.3 Å². The number of carboxylic acid groups (broad SMARTS) is 1. The summed E-state index contributed by atoms with van der Waals surface area (Å²) in [6, 6.07) is 7.41. The summed E-state index contributed by atoms with van der Waals surface area (Å²) in [5, 5.41) is 9.72. The van der Waals surface area contributed by atoms with Crippen molar-refractivity contribution in [2.24, 2.45) is 0 Å². The molecule has 1 aromatic carbocycles. The second-order valence-electron chi connectivity index (χ2n) is 5.40. The first-order chi connectivity index (χ1) is 8.28. The highest BCUT2D eigenvalue weighted by Gasteiger charge is 2.40. The van der Waals surface area contributed by atoms with Gasteiger partial charge in [0.2, 0.25) is 8.32 Å². The Kier molecular flexibility index (Phi) is 4.70. The van der Waals surface area contributed by atoms with E-state index in [-0.39, 0.29) is 17.5 Å². The molecule has 0 aliphatic rings. The van der Waals surface area contributed by atoms with Gasteiger partial charge >= 0.3 is 5.97 Å². The van der Waals surface area contributed by atoms with E-state index in [0.717, 1.165) is 10.8 Å². The summed E-state index contributed by atoms with van der Waals surface area (Å²) >= 11 is 0. The number of hydrogen-bond donors (Lipinski definition) is 2. The Morgan fingerprint density at radius 1 is 1.11 bits per heavy atom. The van der Waals surface area contributed by atoms with Crippen molar-refractivity contribution in [1.82, 2.24) is 0 Å². The van der Waals surface area contributed by atoms with Gasteiger partial charge in [0.25, 0.3) is 0 Å². The van der Waals surface area contributed by atoms with Crippen molar-refractivity contribution in [3.8, 4) is 0 Å². The minimum Gasteiger partial charge on any atom is -0.481 e. The standard InChI is InChI=1S/C14H22O3Si/c1-10(2)18(17,11(3)4)13-7-5-12(6-8-13)9-14(15)16/h5-8,10-11,17H,9H2,1-4H3,(H,15,16). The van der Waals surface area contributed by atoms with Crippen molar-refractivity contribution >= 4 is 19.5 Å². The van der Waals surface area contributed by atoms with E-state index in [0.29, 0.717) is 0 Å². The van der Waals surface area contributed by atoms with Gasteiger partial charge in [-0.25, -0.2) is 0 Å². The summed E-state index contributed by atoms with van der Waals surface area (Å²) in [5.41, 5.74) is 1.25. The van der Waals surface area contributed by atoms with Crippen LogP contribution in [0.1, 0.15) is 33.3 Å². The predicted molar refractivity (Wildman–Crippen MR) is 75.6 cm³/mol. The first-order valence-corrected chi connectivity index (χ1v) is 8.42. The van der Waals surface area contributed by atoms with Crippen molar-refractivity contribution in [3.05, 3.63) is 29.8 Å². The summed E-state index contributed by atoms with van der Waals surface area (Å²) in [4.78, 5) is 21.6. The summed E-state index contributed by atoms with van der Waals surface area (Å²) in [7, 11) is -2.49. The molecule has 0 aromatic heterocycles. The van der Waals surface area contributed by atoms with E-state index < -0.39 is 14.3 Å². The lowest BCUT2D eigenvalue weighted by Crippen LogP contribution is -2.53. The van der Waals surface area contributed by atoms with Crippen LogP contribution in [0, 0.1) is 0 Å². The highest BCUT2D eigenvalue weighted by molar-refractivity contribution is 6.87. The Labute approximate surface area is 110 Å². The van der Waals surface area contributed by atoms with Crippen molar-refractivity contribution in [2.75, 3.05) is 0 Å². The molecular weight excluding hydrogens is 244 g/mol. The van der Waals surface area contributed by atoms with Gasteiger partial charge in [0, 0.05) is 0 Å². The van der Waals surface area contributed by atoms with E-state index in [1.54, 1.807) is 0 Å². The molecular formula is C14H22O3Si. The van der Waals surface area contributed by atoms with Crippen molar-refractivity contribution in [3.63, 3.8) is 0 Å². The molecule has 4 heteroatoms. The van der Waals surface area contributed by atoms with E-state index in [1.165, 1.54) is 0 Å². The Hall–Kier alpha value is -1.13. The smallest absolute Gasteiger partial charge is 0.307 e. The minimum absolute atomic E-state index is 0.0314. The largest absolute Gasteiger partial charge is 0.481 e. The molecule has 2 N–H and O–H groups in total. The van der Waals surface area contributed by atoms with Crippen LogP contribution in [0.4, 0.5) is 0 Å². The highest BCUT2D eigenvalue weighted by atomic mass is 28.4. The van der Waals surface area contributed by atoms with Crippen molar-refractivity contribution in [1.29, 1.82) is 0 Å². The third kappa shape index (κ3) is 3.00. The lowest BCUT2D eigenvalue weighted by molar-refractivity contribution is -0.136. The summed E-state index contributed by atoms with van der Waals surface area (Å²) in [6.45, 7) is 8.21. The fourth-order valence-electron chi connectivity index (χ4n) is 2.40. The quantitative estimate of drug-likeness (QED) is 0.804. The minimum atomic E-state index is -2.49. The highest BCUT2D eigenvalue weighted by Crippen LogP contribution is 2.29. The molecule has 0 radical (unpaired) electrons. The second-order valence-corrected chi connectivity index (χ2v) is 9.94. The number of aliphatic carboxylic acids is 1. The van der Waals surface area contributed by atoms with Gasteiger partial charge < -0.3 is 9.90 Å². The van der Waals surface area contributed by atoms with Gasteiger partial charge in [0.05, 0.1) is 6.42 Å². The summed E-state index contributed by atoms with van der Waals surface area (Å²) < 4.78 is 0. The van der Waals surface area contributed by atoms with Gasteiger partial charge in [0.1, 0.15) is 0 Å². The summed E-state index contributed by atoms with van der Waals surface area (Å²) in [5.74, 6) is -0.831. The fourth-order valence-corrected chi connectivity index (χ4v) is 5.76. The normalized spacial score (nSPS) is 12.2. The average Bonchev–Trinajstić information content (AvgIpc) is 2.27. The molecule has 1 aromatic rings. The molecule has 0 saturated heterocycles. The third-order valence-electron chi connectivity index (χ3n) is 3.53. The Morgan fingerprint density at radius 3 is 1.89 bits per heavy atom. The second kappa shape index (κ2) is 5.67. The number of carbonyl (C=O) groups is 1. The monoisotopic (exact) mass is 266 g/mol. The lowest BCUT2D eigenvalue weighted by atomic mass is 10.2. The number of carboxylic acids is 1. The Morgan fingerprint density at radius 2 is 1.56 bits per heavy atom. The number of hydrogen-bond acceptors (Lipinski definition) is 2. The van der Waals surface area contributed by atoms with E-state index in [2.05, 4.69) is 27.7 Å². The van der Waals surface area contributed by atoms with Gasteiger partial charge in [-0.1, -0.05) is 52.0 Å². The molecule has 3 nitrogen and oxygen atoms in total. The van der Waals surface area contributed by atoms with Crippen LogP contribution >= 0.6 is 0 Å². The SMILES string of the molecule is CC(C)[Si](O)(c1ccc(CC(=O)O)cc1)C(C)C. The Balaban J connectivity index is 3.05. The van der Waals surface area contributed by atoms with Gasteiger partial charge in [-0.05, 0) is 21.8 Å². The van der Waals surface area contributed by atoms with Gasteiger partial charge in [0.15, 0.2) is 0 Å². The van der Waals surface area contributed by atoms with Crippen molar-refractivity contribution < 1.29 is 14.7 Å². The molecule has 0 bridgehead atoms. The van der Waals surface area contributed by atoms with Crippen LogP contribution in [-0.2, 0) is 11.2 Å². The number of benzene rings is 1. The van der Waals surface area contributed by atoms with Crippen LogP contribution in [0.2, 0.25) is 11.1 Å². The molecule has 0 heterocycles. The molecule has 0 atom stereocenters. The molecule has 0 amide bonds. The molecule has 0 saturated carbocycles. The van der Waals surface area contributed by atoms with Crippen LogP contribution in [-0.4, -0.2) is 24.2 Å². The summed E-state index contributed by atoms with van der Waals surface area (Å²) in [6.07, 6.45) is 0.0314. The van der Waals surface area contributed by atoms with Crippen molar-refractivity contribution in [2.45, 2.75) is 45.2 Å². The third-order valence-corrected chi connectivity index (χ3v) is 8.31. The molecule has 0 unspecified atom stereocenters. The lowest BCUT2D eigenvalue weighted by Gasteiger charge is -2.33. The van der Waals surface area contributed by atoms with E-state index >= 15 is 0 Å². The maximum Gasteiger partial charge on any atom is 0.307 e. The fraction of sp³-hybridized carbons (Fsp3) is 0.500. The van der Waals surface area contributed by atoms with Crippen LogP contribution in [0.3, 0.4) is 0 Å². The van der Waals surface area contributed by atoms with Gasteiger partial charge in [-0.2, -0.15) is 0 Å². The zero-order chi connectivity index (χ0) is 13.9. The zero-order valence-electron chi connectivity index (χ0n) is 11.5. The molecule has 1 rings (SSSR count). The first kappa shape index (κ1) is 14.9. The van der Waals surface area contributed by atoms with Crippen LogP contribution in [0.15, 0.2) is 24.3 Å². The topological polar surface area (TPSA) is 57.5 Å². The van der Waals surface area contributed by atoms with E-state index in [4.69, 9.17) is 5.11 Å². The maximum atomic E-state index is 10.9. The molecule has 18 heavy (non-hydrogen) atoms. The zero-order valence-corrected chi connectivity index (χ0v) is 12.5. The number of rotatable bonds is 5. The van der Waals surface area contributed by atoms with Crippen LogP contribution < -0.4 is 5.19 Å². The maximum absolute atomic E-state index is 10.9. The molecule has 0 aliphatic heterocycles.